The van der Waals surface area contributed by atoms with E-state index in [0.717, 1.165) is 83.5 Å². The predicted octanol–water partition coefficient (Wildman–Crippen LogP) is 19.3. The Morgan fingerprint density at radius 3 is 0.957 bits per heavy atom. The van der Waals surface area contributed by atoms with E-state index in [2.05, 4.69) is 106 Å². The predicted molar refractivity (Wildman–Crippen MR) is 297 cm³/mol. The summed E-state index contributed by atoms with van der Waals surface area (Å²) < 4.78 is 16.6. The van der Waals surface area contributed by atoms with Crippen molar-refractivity contribution in [2.75, 3.05) is 13.2 Å². The van der Waals surface area contributed by atoms with Gasteiger partial charge in [-0.25, -0.2) is 0 Å². The van der Waals surface area contributed by atoms with Crippen molar-refractivity contribution in [3.05, 3.63) is 97.2 Å². The van der Waals surface area contributed by atoms with E-state index in [1.165, 1.54) is 141 Å². The molecule has 0 aromatic carbocycles. The van der Waals surface area contributed by atoms with E-state index < -0.39 is 12.1 Å². The van der Waals surface area contributed by atoms with Gasteiger partial charge in [0.05, 0.1) is 6.42 Å². The Balaban J connectivity index is 4.16. The van der Waals surface area contributed by atoms with Crippen LogP contribution in [-0.4, -0.2) is 37.2 Å². The molecule has 69 heavy (non-hydrogen) atoms. The van der Waals surface area contributed by atoms with Crippen molar-refractivity contribution in [1.82, 2.24) is 0 Å². The first-order valence-corrected chi connectivity index (χ1v) is 28.7. The van der Waals surface area contributed by atoms with Gasteiger partial charge in [-0.05, 0) is 83.5 Å². The normalized spacial score (nSPS) is 12.8. The van der Waals surface area contributed by atoms with E-state index in [1.54, 1.807) is 6.08 Å². The molecule has 0 saturated heterocycles. The van der Waals surface area contributed by atoms with E-state index in [1.807, 2.05) is 6.08 Å². The van der Waals surface area contributed by atoms with Crippen molar-refractivity contribution < 1.29 is 28.6 Å². The molecule has 0 radical (unpaired) electrons. The van der Waals surface area contributed by atoms with Gasteiger partial charge in [0.25, 0.3) is 0 Å². The maximum absolute atomic E-state index is 12.7. The maximum atomic E-state index is 12.7. The Hall–Kier alpha value is -3.67. The average Bonchev–Trinajstić information content (AvgIpc) is 3.35. The van der Waals surface area contributed by atoms with E-state index in [-0.39, 0.29) is 31.6 Å². The minimum atomic E-state index is -0.829. The zero-order valence-electron chi connectivity index (χ0n) is 45.0. The highest BCUT2D eigenvalue weighted by Crippen LogP contribution is 2.15. The van der Waals surface area contributed by atoms with Crippen LogP contribution in [0.25, 0.3) is 0 Å². The first-order valence-electron chi connectivity index (χ1n) is 28.7. The van der Waals surface area contributed by atoms with Gasteiger partial charge in [0, 0.05) is 12.8 Å². The number of carbonyl (C=O) groups is 3. The molecule has 0 heterocycles. The minimum absolute atomic E-state index is 0.0967. The second-order valence-corrected chi connectivity index (χ2v) is 18.8. The molecule has 0 aliphatic rings. The fourth-order valence-electron chi connectivity index (χ4n) is 7.82. The van der Waals surface area contributed by atoms with E-state index in [4.69, 9.17) is 14.2 Å². The lowest BCUT2D eigenvalue weighted by molar-refractivity contribution is -0.166. The molecule has 0 rings (SSSR count). The molecule has 0 amide bonds. The van der Waals surface area contributed by atoms with E-state index in [9.17, 15) is 14.4 Å². The van der Waals surface area contributed by atoms with Gasteiger partial charge in [-0.3, -0.25) is 14.4 Å². The number of esters is 3. The number of rotatable bonds is 51. The Morgan fingerprint density at radius 2 is 0.609 bits per heavy atom. The number of hydrogen-bond donors (Lipinski definition) is 0. The van der Waals surface area contributed by atoms with Crippen LogP contribution in [0.2, 0.25) is 0 Å². The van der Waals surface area contributed by atoms with Crippen molar-refractivity contribution >= 4 is 17.9 Å². The third-order valence-corrected chi connectivity index (χ3v) is 12.1. The molecule has 0 spiro atoms. The SMILES string of the molecule is CC/C=C\C/C=C\C/C=C\C/C=C\C/C=C\CC(=O)OC(COC(=O)CCCCCCCCC)COC(=O)CCCCCCCCCCCCCCCC/C=C\C/C=C\C/C=C\CCCCCCC. The van der Waals surface area contributed by atoms with Crippen LogP contribution in [0.5, 0.6) is 0 Å². The van der Waals surface area contributed by atoms with Crippen LogP contribution in [0.1, 0.15) is 265 Å². The summed E-state index contributed by atoms with van der Waals surface area (Å²) in [4.78, 5) is 37.8. The Morgan fingerprint density at radius 1 is 0.319 bits per heavy atom. The summed E-state index contributed by atoms with van der Waals surface area (Å²) in [6.45, 7) is 6.39. The lowest BCUT2D eigenvalue weighted by Gasteiger charge is -2.18. The molecule has 0 aromatic rings. The highest BCUT2D eigenvalue weighted by Gasteiger charge is 2.19. The second-order valence-electron chi connectivity index (χ2n) is 18.8. The number of ether oxygens (including phenoxy) is 3. The summed E-state index contributed by atoms with van der Waals surface area (Å²) in [6, 6.07) is 0. The molecule has 394 valence electrons. The molecular formula is C63H106O6. The molecular weight excluding hydrogens is 853 g/mol. The van der Waals surface area contributed by atoms with Crippen molar-refractivity contribution in [3.63, 3.8) is 0 Å². The second kappa shape index (κ2) is 56.9. The summed E-state index contributed by atoms with van der Waals surface area (Å²) >= 11 is 0. The van der Waals surface area contributed by atoms with Gasteiger partial charge in [-0.1, -0.05) is 259 Å². The van der Waals surface area contributed by atoms with Crippen molar-refractivity contribution in [3.8, 4) is 0 Å². The van der Waals surface area contributed by atoms with Crippen LogP contribution in [0, 0.1) is 0 Å². The first kappa shape index (κ1) is 65.3. The topological polar surface area (TPSA) is 78.9 Å². The first-order chi connectivity index (χ1) is 34.0. The zero-order chi connectivity index (χ0) is 50.0. The van der Waals surface area contributed by atoms with Gasteiger partial charge in [0.1, 0.15) is 13.2 Å². The largest absolute Gasteiger partial charge is 0.462 e. The standard InChI is InChI=1S/C63H106O6/c1-4-7-10-13-16-18-20-22-24-25-26-27-28-29-30-31-32-33-34-35-36-37-39-40-42-44-47-50-53-56-62(65)68-59-60(58-67-61(64)55-52-49-46-15-12-9-6-3)69-63(66)57-54-51-48-45-43-41-38-23-21-19-17-14-11-8-5-2/h8,11,17,19-20,22-23,25-26,28-29,38,43,45,51,54,60H,4-7,9-10,12-16,18,21,24,27,30-37,39-42,44,46-50,52-53,55-59H2,1-3H3/b11-8-,19-17-,22-20-,26-25-,29-28-,38-23-,45-43-,54-51-. The van der Waals surface area contributed by atoms with Crippen LogP contribution in [0.4, 0.5) is 0 Å². The summed E-state index contributed by atoms with van der Waals surface area (Å²) in [5.74, 6) is -1.05. The van der Waals surface area contributed by atoms with Crippen LogP contribution in [-0.2, 0) is 28.6 Å². The average molecular weight is 960 g/mol. The van der Waals surface area contributed by atoms with Gasteiger partial charge < -0.3 is 14.2 Å². The molecule has 0 aliphatic carbocycles. The number of hydrogen-bond acceptors (Lipinski definition) is 6. The fraction of sp³-hybridized carbons (Fsp3) is 0.698. The van der Waals surface area contributed by atoms with Gasteiger partial charge >= 0.3 is 17.9 Å². The lowest BCUT2D eigenvalue weighted by atomic mass is 10.0. The highest BCUT2D eigenvalue weighted by atomic mass is 16.6. The third-order valence-electron chi connectivity index (χ3n) is 12.1. The van der Waals surface area contributed by atoms with Crippen molar-refractivity contribution in [1.29, 1.82) is 0 Å². The zero-order valence-corrected chi connectivity index (χ0v) is 45.0. The smallest absolute Gasteiger partial charge is 0.310 e. The molecule has 0 aromatic heterocycles. The van der Waals surface area contributed by atoms with Crippen LogP contribution >= 0.6 is 0 Å². The molecule has 0 N–H and O–H groups in total. The monoisotopic (exact) mass is 959 g/mol. The molecule has 1 atom stereocenters. The highest BCUT2D eigenvalue weighted by molar-refractivity contribution is 5.72. The third kappa shape index (κ3) is 55.1. The van der Waals surface area contributed by atoms with E-state index >= 15 is 0 Å². The molecule has 0 bridgehead atoms. The Kier molecular flexibility index (Phi) is 53.9. The number of carbonyl (C=O) groups excluding carboxylic acids is 3. The fourth-order valence-corrected chi connectivity index (χ4v) is 7.82. The molecule has 6 heteroatoms. The van der Waals surface area contributed by atoms with Gasteiger partial charge in [-0.15, -0.1) is 0 Å². The van der Waals surface area contributed by atoms with Crippen LogP contribution in [0.3, 0.4) is 0 Å². The molecule has 1 unspecified atom stereocenters. The summed E-state index contributed by atoms with van der Waals surface area (Å²) in [5, 5.41) is 0. The van der Waals surface area contributed by atoms with Gasteiger partial charge in [0.2, 0.25) is 0 Å². The molecule has 0 saturated carbocycles. The van der Waals surface area contributed by atoms with Gasteiger partial charge in [0.15, 0.2) is 6.10 Å². The minimum Gasteiger partial charge on any atom is -0.462 e. The van der Waals surface area contributed by atoms with E-state index in [0.29, 0.717) is 12.8 Å². The van der Waals surface area contributed by atoms with Crippen molar-refractivity contribution in [2.24, 2.45) is 0 Å². The molecule has 0 aliphatic heterocycles. The maximum Gasteiger partial charge on any atom is 0.310 e. The summed E-state index contributed by atoms with van der Waals surface area (Å²) in [7, 11) is 0. The quantitative estimate of drug-likeness (QED) is 0.0262. The summed E-state index contributed by atoms with van der Waals surface area (Å²) in [6.07, 6.45) is 76.1. The molecule has 0 fully saturated rings. The summed E-state index contributed by atoms with van der Waals surface area (Å²) in [5.41, 5.74) is 0. The Bertz CT molecular complexity index is 1380. The molecule has 6 nitrogen and oxygen atoms in total. The number of unbranched alkanes of at least 4 members (excludes halogenated alkanes) is 25. The lowest BCUT2D eigenvalue weighted by Crippen LogP contribution is -2.30. The Labute approximate surface area is 426 Å². The van der Waals surface area contributed by atoms with Crippen LogP contribution in [0.15, 0.2) is 97.2 Å². The van der Waals surface area contributed by atoms with Gasteiger partial charge in [-0.2, -0.15) is 0 Å². The number of allylic oxidation sites excluding steroid dienone is 15. The van der Waals surface area contributed by atoms with Crippen LogP contribution < -0.4 is 0 Å². The van der Waals surface area contributed by atoms with Crippen molar-refractivity contribution in [2.45, 2.75) is 271 Å².